The minimum atomic E-state index is -3.98. The summed E-state index contributed by atoms with van der Waals surface area (Å²) in [5.74, 6) is -0.233. The molecule has 1 amide bonds. The third kappa shape index (κ3) is 5.67. The molecule has 2 aromatic heterocycles. The van der Waals surface area contributed by atoms with Crippen LogP contribution in [0.25, 0.3) is 10.9 Å². The van der Waals surface area contributed by atoms with Crippen LogP contribution < -0.4 is 0 Å². The zero-order valence-corrected chi connectivity index (χ0v) is 22.4. The molecule has 6 nitrogen and oxygen atoms in total. The molecule has 188 valence electrons. The van der Waals surface area contributed by atoms with Gasteiger partial charge in [-0.15, -0.1) is 11.3 Å². The molecule has 1 unspecified atom stereocenters. The van der Waals surface area contributed by atoms with Gasteiger partial charge in [-0.2, -0.15) is 4.31 Å². The second-order valence-corrected chi connectivity index (χ2v) is 11.8. The molecule has 0 fully saturated rings. The average Bonchev–Trinajstić information content (AvgIpc) is 3.30. The van der Waals surface area contributed by atoms with E-state index in [0.717, 1.165) is 21.4 Å². The van der Waals surface area contributed by atoms with Crippen LogP contribution in [0.5, 0.6) is 0 Å². The van der Waals surface area contributed by atoms with E-state index in [1.54, 1.807) is 40.6 Å². The van der Waals surface area contributed by atoms with E-state index in [4.69, 9.17) is 0 Å². The molecule has 0 aliphatic carbocycles. The van der Waals surface area contributed by atoms with Gasteiger partial charge in [-0.3, -0.25) is 9.78 Å². The van der Waals surface area contributed by atoms with E-state index in [2.05, 4.69) is 4.98 Å². The molecule has 0 radical (unpaired) electrons. The number of sulfonamides is 1. The van der Waals surface area contributed by atoms with Crippen molar-refractivity contribution in [3.63, 3.8) is 0 Å². The summed E-state index contributed by atoms with van der Waals surface area (Å²) < 4.78 is 29.2. The Bertz CT molecular complexity index is 1430. The van der Waals surface area contributed by atoms with Crippen molar-refractivity contribution in [2.24, 2.45) is 0 Å². The SMILES string of the molecule is CCC(C)N(CC(=O)N(Cc1ccccc1)Cc1sccc1C)S(=O)(=O)c1cccc2cccnc12. The zero-order chi connectivity index (χ0) is 25.7. The van der Waals surface area contributed by atoms with Gasteiger partial charge in [0.05, 0.1) is 18.6 Å². The lowest BCUT2D eigenvalue weighted by atomic mass is 10.2. The summed E-state index contributed by atoms with van der Waals surface area (Å²) >= 11 is 1.61. The average molecular weight is 522 g/mol. The molecule has 0 saturated carbocycles. The van der Waals surface area contributed by atoms with Gasteiger partial charge in [0.1, 0.15) is 4.90 Å². The molecule has 0 N–H and O–H groups in total. The van der Waals surface area contributed by atoms with E-state index >= 15 is 0 Å². The largest absolute Gasteiger partial charge is 0.332 e. The van der Waals surface area contributed by atoms with Crippen LogP contribution in [0.3, 0.4) is 0 Å². The molecule has 1 atom stereocenters. The Balaban J connectivity index is 1.68. The molecule has 0 aliphatic heterocycles. The van der Waals surface area contributed by atoms with Crippen molar-refractivity contribution in [1.29, 1.82) is 0 Å². The highest BCUT2D eigenvalue weighted by atomic mass is 32.2. The summed E-state index contributed by atoms with van der Waals surface area (Å²) in [7, 11) is -3.98. The number of carbonyl (C=O) groups is 1. The molecule has 36 heavy (non-hydrogen) atoms. The number of carbonyl (C=O) groups excluding carboxylic acids is 1. The molecule has 4 rings (SSSR count). The van der Waals surface area contributed by atoms with Gasteiger partial charge in [0, 0.05) is 29.0 Å². The molecule has 2 aromatic carbocycles. The number of hydrogen-bond donors (Lipinski definition) is 0. The van der Waals surface area contributed by atoms with Gasteiger partial charge >= 0.3 is 0 Å². The van der Waals surface area contributed by atoms with Crippen LogP contribution in [0, 0.1) is 6.92 Å². The Morgan fingerprint density at radius 2 is 1.75 bits per heavy atom. The minimum absolute atomic E-state index is 0.123. The number of para-hydroxylation sites is 1. The molecule has 0 spiro atoms. The van der Waals surface area contributed by atoms with E-state index < -0.39 is 10.0 Å². The number of pyridine rings is 1. The van der Waals surface area contributed by atoms with Crippen LogP contribution in [0.15, 0.2) is 83.2 Å². The Morgan fingerprint density at radius 3 is 2.44 bits per heavy atom. The van der Waals surface area contributed by atoms with Crippen LogP contribution in [0.2, 0.25) is 0 Å². The number of aromatic nitrogens is 1. The van der Waals surface area contributed by atoms with Gasteiger partial charge in [-0.05, 0) is 55.0 Å². The fraction of sp³-hybridized carbons (Fsp3) is 0.286. The predicted molar refractivity (Wildman–Crippen MR) is 145 cm³/mol. The number of amides is 1. The Hall–Kier alpha value is -3.07. The summed E-state index contributed by atoms with van der Waals surface area (Å²) in [4.78, 5) is 21.1. The number of hydrogen-bond acceptors (Lipinski definition) is 5. The molecule has 4 aromatic rings. The second kappa shape index (κ2) is 11.3. The summed E-state index contributed by atoms with van der Waals surface area (Å²) in [6.07, 6.45) is 2.17. The smallest absolute Gasteiger partial charge is 0.245 e. The summed E-state index contributed by atoms with van der Waals surface area (Å²) in [6, 6.07) is 20.2. The van der Waals surface area contributed by atoms with Gasteiger partial charge in [0.2, 0.25) is 15.9 Å². The van der Waals surface area contributed by atoms with Crippen molar-refractivity contribution in [3.8, 4) is 0 Å². The molecule has 2 heterocycles. The number of nitrogens with zero attached hydrogens (tertiary/aromatic N) is 3. The number of rotatable bonds is 10. The van der Waals surface area contributed by atoms with E-state index in [1.165, 1.54) is 4.31 Å². The number of benzene rings is 2. The maximum Gasteiger partial charge on any atom is 0.245 e. The fourth-order valence-corrected chi connectivity index (χ4v) is 6.84. The van der Waals surface area contributed by atoms with Crippen LogP contribution in [0.1, 0.15) is 36.3 Å². The van der Waals surface area contributed by atoms with Crippen molar-refractivity contribution in [2.75, 3.05) is 6.54 Å². The van der Waals surface area contributed by atoms with Crippen LogP contribution in [-0.2, 0) is 27.9 Å². The topological polar surface area (TPSA) is 70.6 Å². The van der Waals surface area contributed by atoms with Crippen molar-refractivity contribution >= 4 is 38.2 Å². The van der Waals surface area contributed by atoms with E-state index in [-0.39, 0.29) is 23.4 Å². The standard InChI is InChI=1S/C28H31N3O3S2/c1-4-22(3)31(36(33,34)26-14-8-12-24-13-9-16-29-28(24)26)20-27(32)30(18-23-10-6-5-7-11-23)19-25-21(2)15-17-35-25/h5-17,22H,4,18-20H2,1-3H3. The molecule has 0 saturated heterocycles. The van der Waals surface area contributed by atoms with Gasteiger partial charge in [0.15, 0.2) is 0 Å². The molecular weight excluding hydrogens is 490 g/mol. The van der Waals surface area contributed by atoms with Gasteiger partial charge < -0.3 is 4.90 Å². The Labute approximate surface area is 217 Å². The van der Waals surface area contributed by atoms with E-state index in [1.807, 2.05) is 74.7 Å². The highest BCUT2D eigenvalue weighted by Crippen LogP contribution is 2.27. The lowest BCUT2D eigenvalue weighted by molar-refractivity contribution is -0.133. The van der Waals surface area contributed by atoms with E-state index in [9.17, 15) is 13.2 Å². The van der Waals surface area contributed by atoms with Crippen molar-refractivity contribution in [1.82, 2.24) is 14.2 Å². The molecular formula is C28H31N3O3S2. The quantitative estimate of drug-likeness (QED) is 0.271. The number of fused-ring (bicyclic) bond motifs is 1. The Kier molecular flexibility index (Phi) is 8.18. The van der Waals surface area contributed by atoms with Crippen LogP contribution in [-0.4, -0.2) is 41.1 Å². The van der Waals surface area contributed by atoms with Crippen LogP contribution >= 0.6 is 11.3 Å². The maximum absolute atomic E-state index is 14.0. The third-order valence-electron chi connectivity index (χ3n) is 6.43. The summed E-state index contributed by atoms with van der Waals surface area (Å²) in [5.41, 5.74) is 2.53. The lowest BCUT2D eigenvalue weighted by Gasteiger charge is -2.30. The highest BCUT2D eigenvalue weighted by molar-refractivity contribution is 7.89. The molecule has 0 aliphatic rings. The third-order valence-corrected chi connectivity index (χ3v) is 9.43. The summed E-state index contributed by atoms with van der Waals surface area (Å²) in [6.45, 7) is 6.39. The lowest BCUT2D eigenvalue weighted by Crippen LogP contribution is -2.46. The second-order valence-electron chi connectivity index (χ2n) is 8.90. The first-order valence-corrected chi connectivity index (χ1v) is 14.3. The number of thiophene rings is 1. The van der Waals surface area contributed by atoms with Crippen molar-refractivity contribution in [2.45, 2.75) is 51.2 Å². The van der Waals surface area contributed by atoms with Gasteiger partial charge in [0.25, 0.3) is 0 Å². The minimum Gasteiger partial charge on any atom is -0.332 e. The molecule has 8 heteroatoms. The first-order chi connectivity index (χ1) is 17.3. The maximum atomic E-state index is 14.0. The van der Waals surface area contributed by atoms with Gasteiger partial charge in [-0.25, -0.2) is 8.42 Å². The fourth-order valence-electron chi connectivity index (χ4n) is 4.10. The Morgan fingerprint density at radius 1 is 1.00 bits per heavy atom. The first-order valence-electron chi connectivity index (χ1n) is 12.0. The number of aryl methyl sites for hydroxylation is 1. The summed E-state index contributed by atoms with van der Waals surface area (Å²) in [5, 5.41) is 2.76. The zero-order valence-electron chi connectivity index (χ0n) is 20.8. The van der Waals surface area contributed by atoms with Crippen molar-refractivity contribution in [3.05, 3.63) is 94.3 Å². The van der Waals surface area contributed by atoms with E-state index in [0.29, 0.717) is 25.0 Å². The highest BCUT2D eigenvalue weighted by Gasteiger charge is 2.33. The van der Waals surface area contributed by atoms with Gasteiger partial charge in [-0.1, -0.05) is 55.5 Å². The first kappa shape index (κ1) is 26.0. The normalized spacial score (nSPS) is 12.7. The van der Waals surface area contributed by atoms with Crippen molar-refractivity contribution < 1.29 is 13.2 Å². The monoisotopic (exact) mass is 521 g/mol. The molecule has 0 bridgehead atoms. The predicted octanol–water partition coefficient (Wildman–Crippen LogP) is 5.62. The van der Waals surface area contributed by atoms with Crippen LogP contribution in [0.4, 0.5) is 0 Å².